The zero-order chi connectivity index (χ0) is 23.3. The Morgan fingerprint density at radius 3 is 2.44 bits per heavy atom. The summed E-state index contributed by atoms with van der Waals surface area (Å²) in [5.41, 5.74) is 2.68. The van der Waals surface area contributed by atoms with Crippen LogP contribution in [0.25, 0.3) is 0 Å². The highest BCUT2D eigenvalue weighted by atomic mass is 35.5. The van der Waals surface area contributed by atoms with Crippen LogP contribution >= 0.6 is 11.6 Å². The summed E-state index contributed by atoms with van der Waals surface area (Å²) in [6, 6.07) is 6.22. The maximum Gasteiger partial charge on any atom is 0.303 e. The molecule has 0 bridgehead atoms. The first-order valence-electron chi connectivity index (χ1n) is 11.3. The summed E-state index contributed by atoms with van der Waals surface area (Å²) in [6.07, 6.45) is 6.60. The van der Waals surface area contributed by atoms with Gasteiger partial charge in [0.2, 0.25) is 0 Å². The summed E-state index contributed by atoms with van der Waals surface area (Å²) >= 11 is 5.87. The van der Waals surface area contributed by atoms with Crippen molar-refractivity contribution in [3.05, 3.63) is 41.3 Å². The molecule has 1 aromatic heterocycles. The highest BCUT2D eigenvalue weighted by Gasteiger charge is 2.29. The fourth-order valence-corrected chi connectivity index (χ4v) is 4.56. The summed E-state index contributed by atoms with van der Waals surface area (Å²) in [4.78, 5) is 19.6. The molecule has 1 heterocycles. The number of nitrogens with zero attached hydrogens (tertiary/aromatic N) is 2. The van der Waals surface area contributed by atoms with Gasteiger partial charge < -0.3 is 20.8 Å². The van der Waals surface area contributed by atoms with Crippen LogP contribution < -0.4 is 10.6 Å². The number of carboxylic acids is 1. The van der Waals surface area contributed by atoms with Gasteiger partial charge in [0.15, 0.2) is 0 Å². The van der Waals surface area contributed by atoms with Gasteiger partial charge >= 0.3 is 5.97 Å². The topological polar surface area (TPSA) is 107 Å². The minimum Gasteiger partial charge on any atom is -0.481 e. The van der Waals surface area contributed by atoms with Gasteiger partial charge in [-0.15, -0.1) is 0 Å². The van der Waals surface area contributed by atoms with Crippen LogP contribution in [-0.4, -0.2) is 38.3 Å². The third kappa shape index (κ3) is 6.56. The van der Waals surface area contributed by atoms with Crippen molar-refractivity contribution >= 4 is 34.8 Å². The minimum absolute atomic E-state index is 0.0615. The number of hydrogen-bond donors (Lipinski definition) is 4. The Morgan fingerprint density at radius 1 is 1.12 bits per heavy atom. The predicted molar refractivity (Wildman–Crippen MR) is 128 cm³/mol. The zero-order valence-electron chi connectivity index (χ0n) is 18.9. The van der Waals surface area contributed by atoms with Crippen LogP contribution in [0.5, 0.6) is 0 Å². The van der Waals surface area contributed by atoms with Crippen LogP contribution in [0.4, 0.5) is 17.2 Å². The standard InChI is InChI=1S/C24H33ClN4O3/c1-14(2)24(16-4-7-18(30)8-5-16)29-19-9-6-17(15(3)10-23(31)32)11-20(19)28-22-13-26-21(25)12-27-22/h6,9,11-16,18,24,29-30H,4-5,7-8,10H2,1-3H3,(H,27,28)(H,31,32)/t15-,16?,18?,24-/m1/s1. The van der Waals surface area contributed by atoms with Crippen LogP contribution in [0.1, 0.15) is 64.4 Å². The van der Waals surface area contributed by atoms with Gasteiger partial charge in [-0.3, -0.25) is 4.79 Å². The number of aliphatic carboxylic acids is 1. The Labute approximate surface area is 194 Å². The van der Waals surface area contributed by atoms with E-state index < -0.39 is 5.97 Å². The average Bonchev–Trinajstić information content (AvgIpc) is 2.74. The van der Waals surface area contributed by atoms with Gasteiger partial charge in [0, 0.05) is 6.04 Å². The molecule has 2 atom stereocenters. The molecule has 1 saturated carbocycles. The van der Waals surface area contributed by atoms with Crippen molar-refractivity contribution in [2.24, 2.45) is 11.8 Å². The van der Waals surface area contributed by atoms with Crippen LogP contribution in [0.15, 0.2) is 30.6 Å². The lowest BCUT2D eigenvalue weighted by Crippen LogP contribution is -2.37. The highest BCUT2D eigenvalue weighted by molar-refractivity contribution is 6.29. The smallest absolute Gasteiger partial charge is 0.303 e. The molecule has 1 fully saturated rings. The number of aromatic nitrogens is 2. The number of nitrogens with one attached hydrogen (secondary N) is 2. The molecule has 7 nitrogen and oxygen atoms in total. The zero-order valence-corrected chi connectivity index (χ0v) is 19.6. The number of anilines is 3. The number of aliphatic hydroxyl groups is 1. The van der Waals surface area contributed by atoms with Crippen molar-refractivity contribution in [1.82, 2.24) is 9.97 Å². The van der Waals surface area contributed by atoms with Gasteiger partial charge in [-0.05, 0) is 61.1 Å². The second-order valence-corrected chi connectivity index (χ2v) is 9.52. The van der Waals surface area contributed by atoms with E-state index in [1.54, 1.807) is 6.20 Å². The SMILES string of the molecule is CC(C)[C@@H](Nc1ccc([C@H](C)CC(=O)O)cc1Nc1cnc(Cl)cn1)C1CCC(O)CC1. The monoisotopic (exact) mass is 460 g/mol. The number of carbonyl (C=O) groups is 1. The molecule has 0 saturated heterocycles. The van der Waals surface area contributed by atoms with Crippen molar-refractivity contribution in [3.8, 4) is 0 Å². The summed E-state index contributed by atoms with van der Waals surface area (Å²) < 4.78 is 0. The molecule has 8 heteroatoms. The van der Waals surface area contributed by atoms with Crippen molar-refractivity contribution in [2.45, 2.75) is 70.9 Å². The summed E-state index contributed by atoms with van der Waals surface area (Å²) in [7, 11) is 0. The summed E-state index contributed by atoms with van der Waals surface area (Å²) in [6.45, 7) is 6.33. The molecule has 4 N–H and O–H groups in total. The second-order valence-electron chi connectivity index (χ2n) is 9.14. The fraction of sp³-hybridized carbons (Fsp3) is 0.542. The van der Waals surface area contributed by atoms with E-state index in [9.17, 15) is 15.0 Å². The van der Waals surface area contributed by atoms with Gasteiger partial charge in [-0.25, -0.2) is 9.97 Å². The molecule has 1 aliphatic rings. The Hall–Kier alpha value is -2.38. The Kier molecular flexibility index (Phi) is 8.32. The van der Waals surface area contributed by atoms with E-state index in [4.69, 9.17) is 11.6 Å². The van der Waals surface area contributed by atoms with Crippen molar-refractivity contribution in [3.63, 3.8) is 0 Å². The summed E-state index contributed by atoms with van der Waals surface area (Å²) in [5, 5.41) is 26.5. The first-order chi connectivity index (χ1) is 15.2. The number of halogens is 1. The van der Waals surface area contributed by atoms with E-state index in [1.807, 2.05) is 25.1 Å². The largest absolute Gasteiger partial charge is 0.481 e. The molecule has 0 amide bonds. The van der Waals surface area contributed by atoms with Crippen LogP contribution in [-0.2, 0) is 4.79 Å². The van der Waals surface area contributed by atoms with Gasteiger partial charge in [-0.2, -0.15) is 0 Å². The van der Waals surface area contributed by atoms with Gasteiger partial charge in [0.05, 0.1) is 36.3 Å². The molecule has 1 aliphatic carbocycles. The molecular weight excluding hydrogens is 428 g/mol. The molecule has 2 aromatic rings. The Morgan fingerprint density at radius 2 is 1.84 bits per heavy atom. The van der Waals surface area contributed by atoms with Gasteiger partial charge in [0.1, 0.15) is 11.0 Å². The first kappa shape index (κ1) is 24.3. The van der Waals surface area contributed by atoms with Crippen LogP contribution in [0, 0.1) is 11.8 Å². The van der Waals surface area contributed by atoms with Crippen molar-refractivity contribution in [2.75, 3.05) is 10.6 Å². The number of aliphatic hydroxyl groups excluding tert-OH is 1. The van der Waals surface area contributed by atoms with E-state index in [2.05, 4.69) is 34.4 Å². The minimum atomic E-state index is -0.822. The molecule has 3 rings (SSSR count). The normalized spacial score (nSPS) is 20.6. The predicted octanol–water partition coefficient (Wildman–Crippen LogP) is 5.44. The Bertz CT molecular complexity index is 899. The second kappa shape index (κ2) is 11.0. The quantitative estimate of drug-likeness (QED) is 0.394. The maximum atomic E-state index is 11.2. The molecular formula is C24H33ClN4O3. The summed E-state index contributed by atoms with van der Waals surface area (Å²) in [5.74, 6) is 0.495. The number of carboxylic acid groups (broad SMARTS) is 1. The van der Waals surface area contributed by atoms with Gasteiger partial charge in [-0.1, -0.05) is 38.4 Å². The molecule has 0 spiro atoms. The Balaban J connectivity index is 1.89. The molecule has 174 valence electrons. The highest BCUT2D eigenvalue weighted by Crippen LogP contribution is 2.35. The van der Waals surface area contributed by atoms with E-state index in [-0.39, 0.29) is 24.5 Å². The first-order valence-corrected chi connectivity index (χ1v) is 11.7. The lowest BCUT2D eigenvalue weighted by Gasteiger charge is -2.36. The number of rotatable bonds is 9. The van der Waals surface area contributed by atoms with E-state index in [1.165, 1.54) is 6.20 Å². The van der Waals surface area contributed by atoms with Crippen molar-refractivity contribution in [1.29, 1.82) is 0 Å². The van der Waals surface area contributed by atoms with Crippen molar-refractivity contribution < 1.29 is 15.0 Å². The van der Waals surface area contributed by atoms with Crippen LogP contribution in [0.3, 0.4) is 0 Å². The molecule has 32 heavy (non-hydrogen) atoms. The lowest BCUT2D eigenvalue weighted by atomic mass is 9.78. The van der Waals surface area contributed by atoms with E-state index >= 15 is 0 Å². The number of benzene rings is 1. The fourth-order valence-electron chi connectivity index (χ4n) is 4.46. The van der Waals surface area contributed by atoms with E-state index in [0.717, 1.165) is 42.6 Å². The van der Waals surface area contributed by atoms with Gasteiger partial charge in [0.25, 0.3) is 0 Å². The third-order valence-corrected chi connectivity index (χ3v) is 6.46. The lowest BCUT2D eigenvalue weighted by molar-refractivity contribution is -0.137. The number of hydrogen-bond acceptors (Lipinski definition) is 6. The maximum absolute atomic E-state index is 11.2. The molecule has 0 aliphatic heterocycles. The van der Waals surface area contributed by atoms with E-state index in [0.29, 0.717) is 22.8 Å². The third-order valence-electron chi connectivity index (χ3n) is 6.27. The average molecular weight is 461 g/mol. The van der Waals surface area contributed by atoms with Crippen LogP contribution in [0.2, 0.25) is 5.15 Å². The molecule has 0 unspecified atom stereocenters. The molecule has 0 radical (unpaired) electrons. The molecule has 1 aromatic carbocycles.